The number of halogens is 5. The molecule has 0 aromatic carbocycles. The highest BCUT2D eigenvalue weighted by Crippen LogP contribution is 2.36. The first-order valence-corrected chi connectivity index (χ1v) is 9.60. The predicted octanol–water partition coefficient (Wildman–Crippen LogP) is 3.33. The molecule has 2 atom stereocenters. The van der Waals surface area contributed by atoms with Gasteiger partial charge in [0, 0.05) is 31.5 Å². The minimum atomic E-state index is -4.61. The van der Waals surface area contributed by atoms with Crippen molar-refractivity contribution in [1.29, 1.82) is 0 Å². The Labute approximate surface area is 168 Å². The Bertz CT molecular complexity index is 899. The summed E-state index contributed by atoms with van der Waals surface area (Å²) in [5.74, 6) is -2.65. The summed E-state index contributed by atoms with van der Waals surface area (Å²) in [6.07, 6.45) is -4.15. The monoisotopic (exact) mass is 429 g/mol. The second-order valence-electron chi connectivity index (χ2n) is 7.49. The van der Waals surface area contributed by atoms with Crippen LogP contribution in [0, 0.1) is 0 Å². The molecule has 12 heteroatoms. The maximum absolute atomic E-state index is 13.5. The van der Waals surface area contributed by atoms with E-state index in [1.165, 1.54) is 12.1 Å². The summed E-state index contributed by atoms with van der Waals surface area (Å²) >= 11 is 0. The number of hydrogen-bond acceptors (Lipinski definition) is 7. The molecule has 3 heterocycles. The Morgan fingerprint density at radius 3 is 2.30 bits per heavy atom. The summed E-state index contributed by atoms with van der Waals surface area (Å²) in [4.78, 5) is 16.2. The molecule has 3 N–H and O–H groups in total. The summed E-state index contributed by atoms with van der Waals surface area (Å²) in [7, 11) is 0. The number of pyridine rings is 1. The molecule has 0 bridgehead atoms. The Morgan fingerprint density at radius 2 is 1.70 bits per heavy atom. The van der Waals surface area contributed by atoms with Crippen LogP contribution in [0.25, 0.3) is 11.5 Å². The van der Waals surface area contributed by atoms with Gasteiger partial charge in [0.25, 0.3) is 0 Å². The van der Waals surface area contributed by atoms with Crippen LogP contribution in [0.4, 0.5) is 33.8 Å². The summed E-state index contributed by atoms with van der Waals surface area (Å²) in [5.41, 5.74) is -1.15. The molecule has 4 rings (SSSR count). The van der Waals surface area contributed by atoms with Crippen LogP contribution in [0.2, 0.25) is 0 Å². The van der Waals surface area contributed by atoms with E-state index in [-0.39, 0.29) is 48.7 Å². The maximum atomic E-state index is 13.5. The molecule has 7 nitrogen and oxygen atoms in total. The molecule has 1 saturated carbocycles. The predicted molar refractivity (Wildman–Crippen MR) is 99.2 cm³/mol. The van der Waals surface area contributed by atoms with E-state index in [0.717, 1.165) is 19.0 Å². The molecule has 2 unspecified atom stereocenters. The summed E-state index contributed by atoms with van der Waals surface area (Å²) in [5, 5.41) is 9.16. The van der Waals surface area contributed by atoms with Crippen LogP contribution < -0.4 is 16.0 Å². The van der Waals surface area contributed by atoms with Crippen LogP contribution in [-0.2, 0) is 6.18 Å². The second kappa shape index (κ2) is 7.89. The third kappa shape index (κ3) is 4.91. The van der Waals surface area contributed by atoms with Gasteiger partial charge in [0.05, 0.1) is 0 Å². The molecule has 2 aromatic heterocycles. The number of anilines is 2. The van der Waals surface area contributed by atoms with E-state index in [1.54, 1.807) is 0 Å². The Balaban J connectivity index is 1.65. The maximum Gasteiger partial charge on any atom is 0.433 e. The lowest BCUT2D eigenvalue weighted by Crippen LogP contribution is -2.25. The van der Waals surface area contributed by atoms with Gasteiger partial charge in [-0.05, 0) is 31.5 Å². The molecule has 1 aliphatic carbocycles. The van der Waals surface area contributed by atoms with Gasteiger partial charge in [0.1, 0.15) is 11.4 Å². The largest absolute Gasteiger partial charge is 0.433 e. The minimum absolute atomic E-state index is 0.0235. The number of rotatable bonds is 5. The molecular weight excluding hydrogens is 409 g/mol. The zero-order valence-corrected chi connectivity index (χ0v) is 15.8. The molecule has 1 aliphatic heterocycles. The second-order valence-corrected chi connectivity index (χ2v) is 7.49. The fourth-order valence-corrected chi connectivity index (χ4v) is 3.55. The lowest BCUT2D eigenvalue weighted by atomic mass is 10.2. The lowest BCUT2D eigenvalue weighted by Gasteiger charge is -2.16. The van der Waals surface area contributed by atoms with Gasteiger partial charge in [0.15, 0.2) is 5.82 Å². The van der Waals surface area contributed by atoms with Crippen LogP contribution in [-0.4, -0.2) is 51.0 Å². The van der Waals surface area contributed by atoms with Crippen molar-refractivity contribution in [1.82, 2.24) is 25.3 Å². The van der Waals surface area contributed by atoms with Crippen molar-refractivity contribution in [3.8, 4) is 11.5 Å². The van der Waals surface area contributed by atoms with Gasteiger partial charge in [-0.2, -0.15) is 28.1 Å². The molecule has 30 heavy (non-hydrogen) atoms. The van der Waals surface area contributed by atoms with Gasteiger partial charge in [-0.25, -0.2) is 13.8 Å². The highest BCUT2D eigenvalue weighted by Gasteiger charge is 2.40. The Morgan fingerprint density at radius 1 is 0.967 bits per heavy atom. The highest BCUT2D eigenvalue weighted by molar-refractivity contribution is 5.54. The average molecular weight is 429 g/mol. The van der Waals surface area contributed by atoms with Crippen molar-refractivity contribution >= 4 is 11.9 Å². The van der Waals surface area contributed by atoms with E-state index < -0.39 is 23.8 Å². The van der Waals surface area contributed by atoms with Crippen molar-refractivity contribution in [2.75, 3.05) is 23.7 Å². The van der Waals surface area contributed by atoms with Gasteiger partial charge >= 0.3 is 6.18 Å². The van der Waals surface area contributed by atoms with Crippen LogP contribution in [0.3, 0.4) is 0 Å². The van der Waals surface area contributed by atoms with Crippen molar-refractivity contribution in [2.45, 2.75) is 49.9 Å². The smallest absolute Gasteiger partial charge is 0.351 e. The van der Waals surface area contributed by atoms with Crippen molar-refractivity contribution in [2.24, 2.45) is 0 Å². The van der Waals surface area contributed by atoms with Crippen molar-refractivity contribution < 1.29 is 22.0 Å². The average Bonchev–Trinajstić information content (AvgIpc) is 3.30. The van der Waals surface area contributed by atoms with Crippen LogP contribution in [0.1, 0.15) is 31.4 Å². The molecule has 0 radical (unpaired) electrons. The van der Waals surface area contributed by atoms with Crippen LogP contribution >= 0.6 is 0 Å². The summed E-state index contributed by atoms with van der Waals surface area (Å²) in [6, 6.07) is 2.93. The van der Waals surface area contributed by atoms with Gasteiger partial charge in [-0.15, -0.1) is 0 Å². The standard InChI is InChI=1S/C18H20F5N7/c19-17(20)6-4-10(8-17)25-15-28-14(12-2-1-3-13(27-12)18(21,22)23)29-16(30-15)26-11-5-7-24-9-11/h1-3,10-11,24H,4-9H2,(H2,25,26,28,29,30). The number of hydrogen-bond donors (Lipinski definition) is 3. The molecule has 2 fully saturated rings. The quantitative estimate of drug-likeness (QED) is 0.629. The van der Waals surface area contributed by atoms with Gasteiger partial charge in [-0.1, -0.05) is 6.07 Å². The molecule has 1 saturated heterocycles. The van der Waals surface area contributed by atoms with Gasteiger partial charge in [-0.3, -0.25) is 0 Å². The van der Waals surface area contributed by atoms with Crippen molar-refractivity contribution in [3.63, 3.8) is 0 Å². The third-order valence-corrected chi connectivity index (χ3v) is 5.03. The topological polar surface area (TPSA) is 87.7 Å². The first kappa shape index (κ1) is 20.6. The van der Waals surface area contributed by atoms with E-state index in [0.29, 0.717) is 6.54 Å². The highest BCUT2D eigenvalue weighted by atomic mass is 19.4. The molecule has 0 spiro atoms. The number of nitrogens with one attached hydrogen (secondary N) is 3. The molecule has 0 amide bonds. The minimum Gasteiger partial charge on any atom is -0.351 e. The lowest BCUT2D eigenvalue weighted by molar-refractivity contribution is -0.141. The molecule has 162 valence electrons. The van der Waals surface area contributed by atoms with Crippen LogP contribution in [0.5, 0.6) is 0 Å². The molecule has 2 aromatic rings. The molecular formula is C18H20F5N7. The number of alkyl halides is 5. The van der Waals surface area contributed by atoms with E-state index in [1.807, 2.05) is 0 Å². The summed E-state index contributed by atoms with van der Waals surface area (Å²) < 4.78 is 66.2. The molecule has 2 aliphatic rings. The van der Waals surface area contributed by atoms with Crippen LogP contribution in [0.15, 0.2) is 18.2 Å². The zero-order valence-electron chi connectivity index (χ0n) is 15.8. The number of nitrogens with zero attached hydrogens (tertiary/aromatic N) is 4. The summed E-state index contributed by atoms with van der Waals surface area (Å²) in [6.45, 7) is 1.49. The first-order chi connectivity index (χ1) is 14.2. The fourth-order valence-electron chi connectivity index (χ4n) is 3.55. The zero-order chi connectivity index (χ0) is 21.4. The first-order valence-electron chi connectivity index (χ1n) is 9.60. The van der Waals surface area contributed by atoms with E-state index in [4.69, 9.17) is 0 Å². The Kier molecular flexibility index (Phi) is 5.43. The fraction of sp³-hybridized carbons (Fsp3) is 0.556. The Hall–Kier alpha value is -2.63. The van der Waals surface area contributed by atoms with Crippen molar-refractivity contribution in [3.05, 3.63) is 23.9 Å². The van der Waals surface area contributed by atoms with E-state index >= 15 is 0 Å². The SMILES string of the molecule is FC1(F)CCC(Nc2nc(NC3CCNC3)nc(-c3cccc(C(F)(F)F)n3)n2)C1. The normalized spacial score (nSPS) is 23.5. The van der Waals surface area contributed by atoms with E-state index in [9.17, 15) is 22.0 Å². The third-order valence-electron chi connectivity index (χ3n) is 5.03. The van der Waals surface area contributed by atoms with Gasteiger partial charge < -0.3 is 16.0 Å². The van der Waals surface area contributed by atoms with E-state index in [2.05, 4.69) is 35.9 Å². The van der Waals surface area contributed by atoms with Gasteiger partial charge in [0.2, 0.25) is 17.8 Å². The number of aromatic nitrogens is 4.